The Bertz CT molecular complexity index is 796. The lowest BCUT2D eigenvalue weighted by Gasteiger charge is -2.23. The van der Waals surface area contributed by atoms with Crippen LogP contribution in [0, 0.1) is 5.92 Å². The van der Waals surface area contributed by atoms with Crippen LogP contribution in [0.2, 0.25) is 0 Å². The number of nitrogens with two attached hydrogens (primary N) is 1. The Morgan fingerprint density at radius 3 is 2.32 bits per heavy atom. The van der Waals surface area contributed by atoms with E-state index in [9.17, 15) is 14.4 Å². The van der Waals surface area contributed by atoms with Crippen molar-refractivity contribution in [2.75, 3.05) is 0 Å². The van der Waals surface area contributed by atoms with Crippen LogP contribution in [0.3, 0.4) is 0 Å². The molecule has 2 rings (SSSR count). The molecule has 0 radical (unpaired) electrons. The molecule has 1 heterocycles. The van der Waals surface area contributed by atoms with Crippen LogP contribution in [-0.4, -0.2) is 39.8 Å². The predicted molar refractivity (Wildman–Crippen MR) is 104 cm³/mol. The molecule has 0 saturated carbocycles. The van der Waals surface area contributed by atoms with Gasteiger partial charge in [0.15, 0.2) is 0 Å². The van der Waals surface area contributed by atoms with E-state index < -0.39 is 29.8 Å². The van der Waals surface area contributed by atoms with Crippen molar-refractivity contribution in [3.05, 3.63) is 60.2 Å². The summed E-state index contributed by atoms with van der Waals surface area (Å²) in [6.45, 7) is 3.86. The summed E-state index contributed by atoms with van der Waals surface area (Å²) in [4.78, 5) is 44.8. The second-order valence-corrected chi connectivity index (χ2v) is 6.90. The summed E-state index contributed by atoms with van der Waals surface area (Å²) in [7, 11) is 0. The molecule has 0 spiro atoms. The Labute approximate surface area is 164 Å². The molecule has 0 aliphatic carbocycles. The lowest BCUT2D eigenvalue weighted by atomic mass is 10.0. The molecule has 0 fully saturated rings. The van der Waals surface area contributed by atoms with Crippen molar-refractivity contribution in [3.8, 4) is 0 Å². The molecule has 2 atom stereocenters. The number of benzene rings is 1. The van der Waals surface area contributed by atoms with E-state index in [4.69, 9.17) is 5.73 Å². The van der Waals surface area contributed by atoms with E-state index in [0.29, 0.717) is 6.42 Å². The smallest absolute Gasteiger partial charge is 0.272 e. The zero-order valence-electron chi connectivity index (χ0n) is 16.0. The van der Waals surface area contributed by atoms with E-state index in [1.807, 2.05) is 44.2 Å². The van der Waals surface area contributed by atoms with Gasteiger partial charge in [0.2, 0.25) is 11.8 Å². The van der Waals surface area contributed by atoms with Gasteiger partial charge in [0.05, 0.1) is 6.20 Å². The highest BCUT2D eigenvalue weighted by molar-refractivity contribution is 5.97. The maximum Gasteiger partial charge on any atom is 0.272 e. The highest BCUT2D eigenvalue weighted by Crippen LogP contribution is 2.08. The third kappa shape index (κ3) is 6.46. The largest absolute Gasteiger partial charge is 0.368 e. The van der Waals surface area contributed by atoms with Gasteiger partial charge < -0.3 is 16.4 Å². The fourth-order valence-electron chi connectivity index (χ4n) is 2.70. The van der Waals surface area contributed by atoms with Crippen molar-refractivity contribution in [1.29, 1.82) is 0 Å². The zero-order chi connectivity index (χ0) is 20.5. The third-order valence-electron chi connectivity index (χ3n) is 4.07. The van der Waals surface area contributed by atoms with E-state index in [-0.39, 0.29) is 18.0 Å². The molecule has 2 aromatic rings. The number of nitrogens with zero attached hydrogens (tertiary/aromatic N) is 2. The minimum atomic E-state index is -0.897. The van der Waals surface area contributed by atoms with Gasteiger partial charge in [0.25, 0.3) is 5.91 Å². The molecular weight excluding hydrogens is 358 g/mol. The molecule has 1 aromatic heterocycles. The fraction of sp³-hybridized carbons (Fsp3) is 0.350. The summed E-state index contributed by atoms with van der Waals surface area (Å²) in [5.41, 5.74) is 6.38. The number of primary amides is 1. The number of carbonyl (C=O) groups excluding carboxylic acids is 3. The van der Waals surface area contributed by atoms with Gasteiger partial charge in [-0.1, -0.05) is 44.2 Å². The van der Waals surface area contributed by atoms with Gasteiger partial charge >= 0.3 is 0 Å². The summed E-state index contributed by atoms with van der Waals surface area (Å²) in [6.07, 6.45) is 4.84. The average molecular weight is 383 g/mol. The van der Waals surface area contributed by atoms with Crippen molar-refractivity contribution < 1.29 is 14.4 Å². The second-order valence-electron chi connectivity index (χ2n) is 6.90. The molecule has 1 aromatic carbocycles. The first-order valence-electron chi connectivity index (χ1n) is 9.07. The van der Waals surface area contributed by atoms with Crippen LogP contribution in [0.15, 0.2) is 48.9 Å². The minimum absolute atomic E-state index is 0.0991. The van der Waals surface area contributed by atoms with Gasteiger partial charge in [0.1, 0.15) is 17.8 Å². The normalized spacial score (nSPS) is 12.8. The quantitative estimate of drug-likeness (QED) is 0.591. The number of amides is 3. The number of hydrogen-bond donors (Lipinski definition) is 3. The standard InChI is InChI=1S/C20H25N5O3/c1-13(2)10-15(18(21)26)24-19(27)16(11-14-6-4-3-5-7-14)25-20(28)17-12-22-8-9-23-17/h3-9,12-13,15-16H,10-11H2,1-2H3,(H2,21,26)(H,24,27)(H,25,28)/t15-,16-/m0/s1. The first-order chi connectivity index (χ1) is 13.4. The Hall–Kier alpha value is -3.29. The van der Waals surface area contributed by atoms with Crippen molar-refractivity contribution in [2.24, 2.45) is 11.7 Å². The van der Waals surface area contributed by atoms with Gasteiger partial charge in [0, 0.05) is 18.8 Å². The molecule has 8 heteroatoms. The van der Waals surface area contributed by atoms with Crippen LogP contribution in [0.4, 0.5) is 0 Å². The summed E-state index contributed by atoms with van der Waals surface area (Å²) in [6, 6.07) is 7.57. The lowest BCUT2D eigenvalue weighted by Crippen LogP contribution is -2.54. The van der Waals surface area contributed by atoms with E-state index in [0.717, 1.165) is 5.56 Å². The van der Waals surface area contributed by atoms with Gasteiger partial charge in [-0.3, -0.25) is 19.4 Å². The van der Waals surface area contributed by atoms with E-state index in [1.165, 1.54) is 18.6 Å². The Balaban J connectivity index is 2.17. The molecule has 3 amide bonds. The number of carbonyl (C=O) groups is 3. The van der Waals surface area contributed by atoms with E-state index >= 15 is 0 Å². The van der Waals surface area contributed by atoms with Crippen LogP contribution < -0.4 is 16.4 Å². The fourth-order valence-corrected chi connectivity index (χ4v) is 2.70. The molecule has 4 N–H and O–H groups in total. The maximum absolute atomic E-state index is 12.8. The summed E-state index contributed by atoms with van der Waals surface area (Å²) in [5, 5.41) is 5.33. The van der Waals surface area contributed by atoms with Gasteiger partial charge in [-0.05, 0) is 17.9 Å². The van der Waals surface area contributed by atoms with Crippen molar-refractivity contribution >= 4 is 17.7 Å². The van der Waals surface area contributed by atoms with Crippen LogP contribution in [-0.2, 0) is 16.0 Å². The van der Waals surface area contributed by atoms with E-state index in [2.05, 4.69) is 20.6 Å². The summed E-state index contributed by atoms with van der Waals surface area (Å²) in [5.74, 6) is -1.45. The van der Waals surface area contributed by atoms with Crippen molar-refractivity contribution in [2.45, 2.75) is 38.8 Å². The lowest BCUT2D eigenvalue weighted by molar-refractivity contribution is -0.128. The number of nitrogens with one attached hydrogen (secondary N) is 2. The molecule has 0 aliphatic heterocycles. The van der Waals surface area contributed by atoms with Crippen LogP contribution in [0.1, 0.15) is 36.3 Å². The summed E-state index contributed by atoms with van der Waals surface area (Å²) < 4.78 is 0. The zero-order valence-corrected chi connectivity index (χ0v) is 16.0. The third-order valence-corrected chi connectivity index (χ3v) is 4.07. The monoisotopic (exact) mass is 383 g/mol. The molecule has 0 unspecified atom stereocenters. The average Bonchev–Trinajstić information content (AvgIpc) is 2.68. The topological polar surface area (TPSA) is 127 Å². The van der Waals surface area contributed by atoms with E-state index in [1.54, 1.807) is 0 Å². The highest BCUT2D eigenvalue weighted by Gasteiger charge is 2.27. The molecule has 0 aliphatic rings. The molecule has 148 valence electrons. The molecule has 8 nitrogen and oxygen atoms in total. The first kappa shape index (κ1) is 21.0. The van der Waals surface area contributed by atoms with Crippen LogP contribution in [0.5, 0.6) is 0 Å². The SMILES string of the molecule is CC(C)C[C@H](NC(=O)[C@H](Cc1ccccc1)NC(=O)c1cnccn1)C(N)=O. The second kappa shape index (κ2) is 10.1. The Kier molecular flexibility index (Phi) is 7.62. The molecular formula is C20H25N5O3. The van der Waals surface area contributed by atoms with Crippen molar-refractivity contribution in [1.82, 2.24) is 20.6 Å². The predicted octanol–water partition coefficient (Wildman–Crippen LogP) is 0.834. The number of rotatable bonds is 9. The maximum atomic E-state index is 12.8. The van der Waals surface area contributed by atoms with Crippen LogP contribution in [0.25, 0.3) is 0 Å². The Morgan fingerprint density at radius 2 is 1.75 bits per heavy atom. The van der Waals surface area contributed by atoms with Gasteiger partial charge in [-0.15, -0.1) is 0 Å². The first-order valence-corrected chi connectivity index (χ1v) is 9.07. The summed E-state index contributed by atoms with van der Waals surface area (Å²) >= 11 is 0. The molecule has 0 saturated heterocycles. The number of aromatic nitrogens is 2. The minimum Gasteiger partial charge on any atom is -0.368 e. The van der Waals surface area contributed by atoms with Gasteiger partial charge in [-0.2, -0.15) is 0 Å². The highest BCUT2D eigenvalue weighted by atomic mass is 16.2. The Morgan fingerprint density at radius 1 is 1.04 bits per heavy atom. The van der Waals surface area contributed by atoms with Gasteiger partial charge in [-0.25, -0.2) is 4.98 Å². The van der Waals surface area contributed by atoms with Crippen LogP contribution >= 0.6 is 0 Å². The molecule has 28 heavy (non-hydrogen) atoms. The number of hydrogen-bond acceptors (Lipinski definition) is 5. The molecule has 0 bridgehead atoms. The van der Waals surface area contributed by atoms with Crippen molar-refractivity contribution in [3.63, 3.8) is 0 Å².